The van der Waals surface area contributed by atoms with Crippen LogP contribution < -0.4 is 5.32 Å². The number of hydrogen-bond donors (Lipinski definition) is 1. The highest BCUT2D eigenvalue weighted by Crippen LogP contribution is 2.22. The Hall–Kier alpha value is -0.390. The summed E-state index contributed by atoms with van der Waals surface area (Å²) in [4.78, 5) is 0.447. The molecule has 88 valence electrons. The minimum absolute atomic E-state index is 0.196. The second-order valence-corrected chi connectivity index (χ2v) is 7.21. The molecule has 0 aliphatic carbocycles. The third kappa shape index (κ3) is 2.47. The van der Waals surface area contributed by atoms with Gasteiger partial charge in [0.25, 0.3) is 0 Å². The Morgan fingerprint density at radius 2 is 1.69 bits per heavy atom. The van der Waals surface area contributed by atoms with Crippen LogP contribution in [0.2, 0.25) is 0 Å². The normalized spacial score (nSPS) is 18.6. The second kappa shape index (κ2) is 4.85. The molecule has 0 saturated carbocycles. The van der Waals surface area contributed by atoms with E-state index in [0.717, 1.165) is 30.4 Å². The van der Waals surface area contributed by atoms with Crippen molar-refractivity contribution in [2.75, 3.05) is 13.1 Å². The SMILES string of the molecule is O=S(=O)(c1ccc(Br)cc1)C1CC[NH2+]CC1. The molecule has 0 radical (unpaired) electrons. The van der Waals surface area contributed by atoms with Crippen molar-refractivity contribution in [2.24, 2.45) is 0 Å². The molecule has 0 atom stereocenters. The van der Waals surface area contributed by atoms with Gasteiger partial charge in [-0.05, 0) is 24.3 Å². The zero-order valence-corrected chi connectivity index (χ0v) is 11.3. The average Bonchev–Trinajstić information content (AvgIpc) is 2.31. The first kappa shape index (κ1) is 12.1. The zero-order chi connectivity index (χ0) is 11.6. The number of quaternary nitrogens is 1. The van der Waals surface area contributed by atoms with Crippen molar-refractivity contribution >= 4 is 25.8 Å². The van der Waals surface area contributed by atoms with Crippen LogP contribution in [-0.4, -0.2) is 26.8 Å². The molecule has 0 bridgehead atoms. The molecular formula is C11H15BrNO2S+. The van der Waals surface area contributed by atoms with E-state index in [1.165, 1.54) is 0 Å². The van der Waals surface area contributed by atoms with E-state index in [4.69, 9.17) is 0 Å². The largest absolute Gasteiger partial charge is 0.346 e. The molecule has 16 heavy (non-hydrogen) atoms. The van der Waals surface area contributed by atoms with E-state index in [2.05, 4.69) is 21.2 Å². The molecule has 0 unspecified atom stereocenters. The maximum Gasteiger partial charge on any atom is 0.181 e. The van der Waals surface area contributed by atoms with Crippen molar-refractivity contribution in [3.63, 3.8) is 0 Å². The van der Waals surface area contributed by atoms with E-state index in [1.54, 1.807) is 24.3 Å². The van der Waals surface area contributed by atoms with E-state index >= 15 is 0 Å². The van der Waals surface area contributed by atoms with Crippen molar-refractivity contribution in [3.05, 3.63) is 28.7 Å². The van der Waals surface area contributed by atoms with E-state index in [9.17, 15) is 8.42 Å². The van der Waals surface area contributed by atoms with Gasteiger partial charge in [0.1, 0.15) is 0 Å². The number of hydrogen-bond acceptors (Lipinski definition) is 2. The summed E-state index contributed by atoms with van der Waals surface area (Å²) in [5.41, 5.74) is 0. The number of rotatable bonds is 2. The van der Waals surface area contributed by atoms with Gasteiger partial charge >= 0.3 is 0 Å². The summed E-state index contributed by atoms with van der Waals surface area (Å²) in [6.45, 7) is 1.83. The highest BCUT2D eigenvalue weighted by Gasteiger charge is 2.30. The Labute approximate surface area is 104 Å². The first-order valence-corrected chi connectivity index (χ1v) is 7.76. The van der Waals surface area contributed by atoms with Crippen LogP contribution in [-0.2, 0) is 9.84 Å². The Bertz CT molecular complexity index is 449. The van der Waals surface area contributed by atoms with Crippen LogP contribution in [0, 0.1) is 0 Å². The first-order valence-electron chi connectivity index (χ1n) is 5.42. The van der Waals surface area contributed by atoms with Crippen molar-refractivity contribution in [1.82, 2.24) is 0 Å². The van der Waals surface area contributed by atoms with E-state index in [0.29, 0.717) is 4.90 Å². The van der Waals surface area contributed by atoms with Crippen molar-refractivity contribution in [1.29, 1.82) is 0 Å². The molecule has 0 spiro atoms. The predicted octanol–water partition coefficient (Wildman–Crippen LogP) is 0.949. The second-order valence-electron chi connectivity index (χ2n) is 4.06. The third-order valence-corrected chi connectivity index (χ3v) is 5.77. The van der Waals surface area contributed by atoms with Crippen LogP contribution in [0.5, 0.6) is 0 Å². The van der Waals surface area contributed by atoms with Crippen molar-refractivity contribution < 1.29 is 13.7 Å². The van der Waals surface area contributed by atoms with Gasteiger partial charge in [0.05, 0.1) is 23.2 Å². The minimum Gasteiger partial charge on any atom is -0.346 e. The van der Waals surface area contributed by atoms with Gasteiger partial charge < -0.3 is 5.32 Å². The molecule has 1 aliphatic heterocycles. The summed E-state index contributed by atoms with van der Waals surface area (Å²) in [5, 5.41) is 1.98. The summed E-state index contributed by atoms with van der Waals surface area (Å²) in [6, 6.07) is 6.92. The Morgan fingerprint density at radius 3 is 2.25 bits per heavy atom. The lowest BCUT2D eigenvalue weighted by Gasteiger charge is -2.20. The lowest BCUT2D eigenvalue weighted by Crippen LogP contribution is -2.87. The van der Waals surface area contributed by atoms with E-state index < -0.39 is 9.84 Å². The zero-order valence-electron chi connectivity index (χ0n) is 8.90. The minimum atomic E-state index is -3.12. The van der Waals surface area contributed by atoms with Crippen molar-refractivity contribution in [3.8, 4) is 0 Å². The molecule has 5 heteroatoms. The molecule has 1 aliphatic rings. The molecule has 1 heterocycles. The fourth-order valence-corrected chi connectivity index (χ4v) is 4.08. The maximum absolute atomic E-state index is 12.3. The summed E-state index contributed by atoms with van der Waals surface area (Å²) in [6.07, 6.45) is 1.52. The van der Waals surface area contributed by atoms with Gasteiger partial charge in [-0.25, -0.2) is 8.42 Å². The summed E-state index contributed by atoms with van der Waals surface area (Å²) < 4.78 is 25.4. The average molecular weight is 305 g/mol. The fourth-order valence-electron chi connectivity index (χ4n) is 2.02. The third-order valence-electron chi connectivity index (χ3n) is 2.97. The van der Waals surface area contributed by atoms with Gasteiger partial charge in [-0.3, -0.25) is 0 Å². The molecule has 1 aromatic rings. The number of sulfone groups is 1. The number of nitrogens with two attached hydrogens (primary N) is 1. The number of benzene rings is 1. The Kier molecular flexibility index (Phi) is 3.66. The van der Waals surface area contributed by atoms with Gasteiger partial charge in [0.2, 0.25) is 0 Å². The van der Waals surface area contributed by atoms with Gasteiger partial charge in [-0.1, -0.05) is 15.9 Å². The summed E-state index contributed by atoms with van der Waals surface area (Å²) >= 11 is 3.31. The fraction of sp³-hybridized carbons (Fsp3) is 0.455. The van der Waals surface area contributed by atoms with Gasteiger partial charge in [-0.2, -0.15) is 0 Å². The van der Waals surface area contributed by atoms with Crippen LogP contribution >= 0.6 is 15.9 Å². The van der Waals surface area contributed by atoms with Crippen LogP contribution in [0.1, 0.15) is 12.8 Å². The Balaban J connectivity index is 2.27. The first-order chi connectivity index (χ1) is 7.60. The summed E-state index contributed by atoms with van der Waals surface area (Å²) in [5.74, 6) is 0. The van der Waals surface area contributed by atoms with Gasteiger partial charge in [0, 0.05) is 17.3 Å². The molecular weight excluding hydrogens is 290 g/mol. The number of piperidine rings is 1. The smallest absolute Gasteiger partial charge is 0.181 e. The van der Waals surface area contributed by atoms with Crippen LogP contribution in [0.15, 0.2) is 33.6 Å². The van der Waals surface area contributed by atoms with Crippen LogP contribution in [0.25, 0.3) is 0 Å². The van der Waals surface area contributed by atoms with Gasteiger partial charge in [0.15, 0.2) is 9.84 Å². The predicted molar refractivity (Wildman–Crippen MR) is 66.0 cm³/mol. The molecule has 0 aromatic heterocycles. The Morgan fingerprint density at radius 1 is 1.12 bits per heavy atom. The molecule has 3 nitrogen and oxygen atoms in total. The van der Waals surface area contributed by atoms with Gasteiger partial charge in [-0.15, -0.1) is 0 Å². The quantitative estimate of drug-likeness (QED) is 0.884. The molecule has 1 aromatic carbocycles. The molecule has 2 rings (SSSR count). The number of halogens is 1. The van der Waals surface area contributed by atoms with Crippen LogP contribution in [0.4, 0.5) is 0 Å². The van der Waals surface area contributed by atoms with Crippen LogP contribution in [0.3, 0.4) is 0 Å². The summed E-state index contributed by atoms with van der Waals surface area (Å²) in [7, 11) is -3.12. The van der Waals surface area contributed by atoms with E-state index in [1.807, 2.05) is 0 Å². The maximum atomic E-state index is 12.3. The molecule has 1 saturated heterocycles. The highest BCUT2D eigenvalue weighted by atomic mass is 79.9. The monoisotopic (exact) mass is 304 g/mol. The van der Waals surface area contributed by atoms with Crippen molar-refractivity contribution in [2.45, 2.75) is 23.0 Å². The molecule has 0 amide bonds. The highest BCUT2D eigenvalue weighted by molar-refractivity contribution is 9.10. The topological polar surface area (TPSA) is 50.8 Å². The molecule has 1 fully saturated rings. The standard InChI is InChI=1S/C11H14BrNO2S/c12-9-1-3-10(4-2-9)16(14,15)11-5-7-13-8-6-11/h1-4,11,13H,5-8H2/p+1. The lowest BCUT2D eigenvalue weighted by molar-refractivity contribution is -0.661. The molecule has 2 N–H and O–H groups in total. The van der Waals surface area contributed by atoms with E-state index in [-0.39, 0.29) is 5.25 Å². The lowest BCUT2D eigenvalue weighted by atomic mass is 10.2.